The zero-order valence-electron chi connectivity index (χ0n) is 16.3. The second-order valence-corrected chi connectivity index (χ2v) is 7.62. The summed E-state index contributed by atoms with van der Waals surface area (Å²) in [6, 6.07) is 3.48. The first kappa shape index (κ1) is 20.8. The number of nitrogens with zero attached hydrogens (tertiary/aromatic N) is 3. The summed E-state index contributed by atoms with van der Waals surface area (Å²) in [5.74, 6) is -2.27. The van der Waals surface area contributed by atoms with Crippen molar-refractivity contribution in [2.45, 2.75) is 50.5 Å². The third-order valence-corrected chi connectivity index (χ3v) is 5.69. The summed E-state index contributed by atoms with van der Waals surface area (Å²) < 4.78 is 34.9. The molecule has 5 N–H and O–H groups in total. The van der Waals surface area contributed by atoms with E-state index in [1.54, 1.807) is 19.2 Å². The van der Waals surface area contributed by atoms with Gasteiger partial charge in [0.2, 0.25) is 0 Å². The fourth-order valence-electron chi connectivity index (χ4n) is 4.04. The molecule has 8 nitrogen and oxygen atoms in total. The number of aliphatic hydroxyl groups excluding tert-OH is 2. The summed E-state index contributed by atoms with van der Waals surface area (Å²) in [6.07, 6.45) is -2.37. The number of benzene rings is 1. The summed E-state index contributed by atoms with van der Waals surface area (Å²) in [7, 11) is 0. The van der Waals surface area contributed by atoms with E-state index in [0.29, 0.717) is 5.65 Å². The van der Waals surface area contributed by atoms with Crippen LogP contribution >= 0.6 is 0 Å². The van der Waals surface area contributed by atoms with Gasteiger partial charge < -0.3 is 30.4 Å². The van der Waals surface area contributed by atoms with Gasteiger partial charge in [0.25, 0.3) is 0 Å². The van der Waals surface area contributed by atoms with Crippen LogP contribution in [0, 0.1) is 18.6 Å². The van der Waals surface area contributed by atoms with Gasteiger partial charge in [0.05, 0.1) is 5.69 Å². The van der Waals surface area contributed by atoms with Crippen LogP contribution in [-0.2, 0) is 16.9 Å². The van der Waals surface area contributed by atoms with Crippen molar-refractivity contribution in [1.29, 1.82) is 0 Å². The molecule has 1 aliphatic heterocycles. The molecule has 0 radical (unpaired) electrons. The van der Waals surface area contributed by atoms with E-state index in [0.717, 1.165) is 23.2 Å². The quantitative estimate of drug-likeness (QED) is 0.496. The van der Waals surface area contributed by atoms with Gasteiger partial charge in [-0.3, -0.25) is 0 Å². The van der Waals surface area contributed by atoms with E-state index >= 15 is 0 Å². The molecule has 4 rings (SSSR count). The van der Waals surface area contributed by atoms with Crippen LogP contribution in [0.2, 0.25) is 0 Å². The second-order valence-electron chi connectivity index (χ2n) is 7.62. The Bertz CT molecular complexity index is 1100. The van der Waals surface area contributed by atoms with Gasteiger partial charge in [-0.15, -0.1) is 0 Å². The van der Waals surface area contributed by atoms with Gasteiger partial charge in [0, 0.05) is 18.1 Å². The molecule has 1 fully saturated rings. The van der Waals surface area contributed by atoms with Crippen LogP contribution in [0.1, 0.15) is 30.0 Å². The summed E-state index contributed by atoms with van der Waals surface area (Å²) >= 11 is 0. The second kappa shape index (κ2) is 7.33. The Kier molecular flexibility index (Phi) is 5.07. The van der Waals surface area contributed by atoms with Crippen LogP contribution in [-0.4, -0.2) is 48.2 Å². The largest absolute Gasteiger partial charge is 0.387 e. The first-order valence-electron chi connectivity index (χ1n) is 9.37. The maximum absolute atomic E-state index is 13.9. The molecule has 3 heterocycles. The smallest absolute Gasteiger partial charge is 0.164 e. The van der Waals surface area contributed by atoms with Gasteiger partial charge >= 0.3 is 0 Å². The Morgan fingerprint density at radius 3 is 2.60 bits per heavy atom. The van der Waals surface area contributed by atoms with Crippen molar-refractivity contribution >= 4 is 11.0 Å². The van der Waals surface area contributed by atoms with Crippen LogP contribution < -0.4 is 5.73 Å². The Morgan fingerprint density at radius 2 is 1.90 bits per heavy atom. The van der Waals surface area contributed by atoms with Crippen molar-refractivity contribution in [2.24, 2.45) is 5.73 Å². The Balaban J connectivity index is 1.74. The molecule has 0 amide bonds. The van der Waals surface area contributed by atoms with Crippen molar-refractivity contribution < 1.29 is 28.8 Å². The third-order valence-electron chi connectivity index (χ3n) is 5.69. The molecule has 1 aliphatic rings. The predicted octanol–water partition coefficient (Wildman–Crippen LogP) is 1.00. The lowest BCUT2D eigenvalue weighted by atomic mass is 9.84. The first-order valence-corrected chi connectivity index (χ1v) is 9.37. The number of rotatable bonds is 4. The zero-order chi connectivity index (χ0) is 21.8. The number of aryl methyl sites for hydroxylation is 1. The Morgan fingerprint density at radius 1 is 1.20 bits per heavy atom. The molecule has 0 unspecified atom stereocenters. The molecule has 0 aliphatic carbocycles. The fraction of sp³-hybridized carbons (Fsp3) is 0.400. The lowest BCUT2D eigenvalue weighted by molar-refractivity contribution is -0.136. The fourth-order valence-corrected chi connectivity index (χ4v) is 4.04. The molecule has 5 atom stereocenters. The van der Waals surface area contributed by atoms with E-state index < -0.39 is 41.8 Å². The lowest BCUT2D eigenvalue weighted by Gasteiger charge is -2.33. The average Bonchev–Trinajstić information content (AvgIpc) is 3.26. The maximum Gasteiger partial charge on any atom is 0.164 e. The topological polar surface area (TPSA) is 127 Å². The Hall–Kier alpha value is -2.50. The number of ether oxygens (including phenoxy) is 1. The predicted molar refractivity (Wildman–Crippen MR) is 102 cm³/mol. The monoisotopic (exact) mass is 420 g/mol. The number of aliphatic hydroxyl groups is 3. The molecular formula is C20H22F2N4O4. The average molecular weight is 420 g/mol. The number of hydrogen-bond donors (Lipinski definition) is 4. The van der Waals surface area contributed by atoms with Crippen LogP contribution in [0.5, 0.6) is 0 Å². The number of hydrogen-bond acceptors (Lipinski definition) is 7. The van der Waals surface area contributed by atoms with Crippen LogP contribution in [0.3, 0.4) is 0 Å². The van der Waals surface area contributed by atoms with Crippen LogP contribution in [0.15, 0.2) is 30.7 Å². The molecule has 0 saturated carbocycles. The maximum atomic E-state index is 13.9. The molecule has 1 saturated heterocycles. The van der Waals surface area contributed by atoms with Gasteiger partial charge in [-0.05, 0) is 43.2 Å². The zero-order valence-corrected chi connectivity index (χ0v) is 16.3. The van der Waals surface area contributed by atoms with Crippen molar-refractivity contribution in [3.8, 4) is 0 Å². The molecule has 0 spiro atoms. The molecule has 30 heavy (non-hydrogen) atoms. The van der Waals surface area contributed by atoms with E-state index in [-0.39, 0.29) is 17.7 Å². The van der Waals surface area contributed by atoms with E-state index in [1.165, 1.54) is 17.8 Å². The highest BCUT2D eigenvalue weighted by atomic mass is 19.2. The SMILES string of the molecule is Cc1ncnc2c1ccn2[C@@H]1O[C@H]([C@](C)(O)c2cc(F)c(F)cc2CN)[C@@H](O)[C@H]1O. The van der Waals surface area contributed by atoms with Crippen molar-refractivity contribution in [1.82, 2.24) is 14.5 Å². The van der Waals surface area contributed by atoms with E-state index in [9.17, 15) is 24.1 Å². The summed E-state index contributed by atoms with van der Waals surface area (Å²) in [5, 5.41) is 33.3. The van der Waals surface area contributed by atoms with Gasteiger partial charge in [0.1, 0.15) is 35.9 Å². The highest BCUT2D eigenvalue weighted by molar-refractivity contribution is 5.78. The molecule has 3 aromatic rings. The molecule has 0 bridgehead atoms. The van der Waals surface area contributed by atoms with Crippen molar-refractivity contribution in [2.75, 3.05) is 0 Å². The lowest BCUT2D eigenvalue weighted by Crippen LogP contribution is -2.45. The van der Waals surface area contributed by atoms with Gasteiger partial charge in [0.15, 0.2) is 17.9 Å². The van der Waals surface area contributed by atoms with E-state index in [4.69, 9.17) is 10.5 Å². The van der Waals surface area contributed by atoms with E-state index in [2.05, 4.69) is 9.97 Å². The summed E-state index contributed by atoms with van der Waals surface area (Å²) in [5.41, 5.74) is 4.99. The molecule has 10 heteroatoms. The van der Waals surface area contributed by atoms with Gasteiger partial charge in [-0.1, -0.05) is 0 Å². The normalized spacial score (nSPS) is 26.3. The number of halogens is 2. The molecule has 2 aromatic heterocycles. The molecular weight excluding hydrogens is 398 g/mol. The summed E-state index contributed by atoms with van der Waals surface area (Å²) in [4.78, 5) is 8.32. The van der Waals surface area contributed by atoms with E-state index in [1.807, 2.05) is 0 Å². The minimum atomic E-state index is -1.98. The molecule has 1 aromatic carbocycles. The minimum absolute atomic E-state index is 0.0312. The number of nitrogens with two attached hydrogens (primary N) is 1. The van der Waals surface area contributed by atoms with Gasteiger partial charge in [-0.2, -0.15) is 0 Å². The van der Waals surface area contributed by atoms with Crippen LogP contribution in [0.25, 0.3) is 11.0 Å². The summed E-state index contributed by atoms with van der Waals surface area (Å²) in [6.45, 7) is 2.93. The number of aromatic nitrogens is 3. The molecule has 160 valence electrons. The highest BCUT2D eigenvalue weighted by Gasteiger charge is 2.53. The Labute approximate surface area is 170 Å². The number of fused-ring (bicyclic) bond motifs is 1. The standard InChI is InChI=1S/C20H22F2N4O4/c1-9-11-3-4-26(18(11)25-8-24-9)19-16(28)15(27)17(30-19)20(2,29)12-6-14(22)13(21)5-10(12)7-23/h3-6,8,15-17,19,27-29H,7,23H2,1-2H3/t15-,16+,17-,19+,20+/m0/s1. The first-order chi connectivity index (χ1) is 14.2. The van der Waals surface area contributed by atoms with Gasteiger partial charge in [-0.25, -0.2) is 18.7 Å². The van der Waals surface area contributed by atoms with Crippen molar-refractivity contribution in [3.05, 3.63) is 59.2 Å². The van der Waals surface area contributed by atoms with Crippen molar-refractivity contribution in [3.63, 3.8) is 0 Å². The minimum Gasteiger partial charge on any atom is -0.387 e. The van der Waals surface area contributed by atoms with Crippen LogP contribution in [0.4, 0.5) is 8.78 Å². The highest BCUT2D eigenvalue weighted by Crippen LogP contribution is 2.41. The third kappa shape index (κ3) is 3.08.